The van der Waals surface area contributed by atoms with E-state index in [9.17, 15) is 18.0 Å². The predicted octanol–water partition coefficient (Wildman–Crippen LogP) is 2.35. The number of aromatic hydroxyl groups is 1. The number of phenolic OH excluding ortho intramolecular Hbond substituents is 1. The van der Waals surface area contributed by atoms with Gasteiger partial charge in [-0.25, -0.2) is 0 Å². The van der Waals surface area contributed by atoms with E-state index >= 15 is 0 Å². The summed E-state index contributed by atoms with van der Waals surface area (Å²) >= 11 is 0. The molecule has 0 heterocycles. The normalized spacial score (nSPS) is 10.4. The van der Waals surface area contributed by atoms with Crippen LogP contribution >= 0.6 is 0 Å². The zero-order valence-corrected chi connectivity index (χ0v) is 8.01. The van der Waals surface area contributed by atoms with Gasteiger partial charge in [0.05, 0.1) is 12.0 Å². The Morgan fingerprint density at radius 3 is 2.56 bits per heavy atom. The molecule has 16 heavy (non-hydrogen) atoms. The average Bonchev–Trinajstić information content (AvgIpc) is 2.16. The number of hydrogen-bond acceptors (Lipinski definition) is 2. The third-order valence-corrected chi connectivity index (χ3v) is 1.66. The van der Waals surface area contributed by atoms with Crippen LogP contribution in [0.3, 0.4) is 0 Å². The number of benzene rings is 1. The smallest absolute Gasteiger partial charge is 0.416 e. The van der Waals surface area contributed by atoms with Crippen LogP contribution in [-0.2, 0) is 11.0 Å². The lowest BCUT2D eigenvalue weighted by molar-refractivity contribution is -0.137. The third-order valence-electron chi connectivity index (χ3n) is 1.66. The first-order chi connectivity index (χ1) is 7.43. The molecule has 0 aromatic heterocycles. The van der Waals surface area contributed by atoms with E-state index < -0.39 is 17.5 Å². The van der Waals surface area contributed by atoms with Crippen molar-refractivity contribution in [2.24, 2.45) is 0 Å². The molecular weight excluding hydrogens is 221 g/mol. The average molecular weight is 228 g/mol. The summed E-state index contributed by atoms with van der Waals surface area (Å²) in [4.78, 5) is 9.96. The highest BCUT2D eigenvalue weighted by Gasteiger charge is 2.31. The van der Waals surface area contributed by atoms with E-state index in [-0.39, 0.29) is 12.0 Å². The Bertz CT molecular complexity index is 453. The van der Waals surface area contributed by atoms with E-state index in [4.69, 9.17) is 5.11 Å². The lowest BCUT2D eigenvalue weighted by atomic mass is 10.1. The van der Waals surface area contributed by atoms with Gasteiger partial charge in [0.2, 0.25) is 0 Å². The van der Waals surface area contributed by atoms with Gasteiger partial charge in [-0.05, 0) is 18.2 Å². The van der Waals surface area contributed by atoms with Crippen molar-refractivity contribution in [1.29, 1.82) is 0 Å². The van der Waals surface area contributed by atoms with E-state index in [0.717, 1.165) is 12.1 Å². The summed E-state index contributed by atoms with van der Waals surface area (Å²) in [5.41, 5.74) is -0.947. The fourth-order valence-electron chi connectivity index (χ4n) is 1.04. The number of alkyl halides is 3. The molecule has 0 spiro atoms. The number of phenols is 1. The molecule has 0 aliphatic heterocycles. The molecule has 5 heteroatoms. The van der Waals surface area contributed by atoms with Crippen LogP contribution in [0, 0.1) is 11.8 Å². The van der Waals surface area contributed by atoms with Crippen LogP contribution in [-0.4, -0.2) is 11.4 Å². The first-order valence-electron chi connectivity index (χ1n) is 4.27. The standard InChI is InChI=1S/C11H7F3O2/c12-11(13,14)9-5-8(3-1-2-4-15)6-10(16)7-9/h4-7,16H,2H2. The van der Waals surface area contributed by atoms with Gasteiger partial charge in [-0.2, -0.15) is 13.2 Å². The van der Waals surface area contributed by atoms with Gasteiger partial charge in [0.15, 0.2) is 0 Å². The van der Waals surface area contributed by atoms with Crippen LogP contribution in [0.5, 0.6) is 5.75 Å². The SMILES string of the molecule is O=CCC#Cc1cc(O)cc(C(F)(F)F)c1. The van der Waals surface area contributed by atoms with E-state index in [2.05, 4.69) is 11.8 Å². The minimum absolute atomic E-state index is 0.0224. The second-order valence-electron chi connectivity index (χ2n) is 2.94. The van der Waals surface area contributed by atoms with Gasteiger partial charge in [-0.1, -0.05) is 11.8 Å². The third kappa shape index (κ3) is 3.31. The molecule has 0 bridgehead atoms. The van der Waals surface area contributed by atoms with Gasteiger partial charge >= 0.3 is 6.18 Å². The van der Waals surface area contributed by atoms with Gasteiger partial charge in [0.25, 0.3) is 0 Å². The molecule has 0 radical (unpaired) electrons. The molecule has 2 nitrogen and oxygen atoms in total. The summed E-state index contributed by atoms with van der Waals surface area (Å²) in [6.45, 7) is 0. The molecular formula is C11H7F3O2. The van der Waals surface area contributed by atoms with Crippen LogP contribution in [0.4, 0.5) is 13.2 Å². The minimum Gasteiger partial charge on any atom is -0.508 e. The highest BCUT2D eigenvalue weighted by molar-refractivity contribution is 5.55. The number of rotatable bonds is 1. The van der Waals surface area contributed by atoms with Gasteiger partial charge in [0.1, 0.15) is 12.0 Å². The van der Waals surface area contributed by atoms with Crippen LogP contribution < -0.4 is 0 Å². The molecule has 0 aliphatic rings. The maximum Gasteiger partial charge on any atom is 0.416 e. The molecule has 0 saturated heterocycles. The Labute approximate surface area is 89.7 Å². The zero-order chi connectivity index (χ0) is 12.2. The van der Waals surface area contributed by atoms with E-state index in [1.807, 2.05) is 0 Å². The van der Waals surface area contributed by atoms with Crippen molar-refractivity contribution in [3.8, 4) is 17.6 Å². The molecule has 0 amide bonds. The Morgan fingerprint density at radius 2 is 2.00 bits per heavy atom. The van der Waals surface area contributed by atoms with Crippen LogP contribution in [0.15, 0.2) is 18.2 Å². The van der Waals surface area contributed by atoms with Crippen molar-refractivity contribution in [3.63, 3.8) is 0 Å². The predicted molar refractivity (Wildman–Crippen MR) is 50.7 cm³/mol. The summed E-state index contributed by atoms with van der Waals surface area (Å²) in [5, 5.41) is 9.08. The Balaban J connectivity index is 3.10. The van der Waals surface area contributed by atoms with Gasteiger partial charge < -0.3 is 9.90 Å². The van der Waals surface area contributed by atoms with Gasteiger partial charge in [0, 0.05) is 5.56 Å². The van der Waals surface area contributed by atoms with Crippen molar-refractivity contribution in [2.45, 2.75) is 12.6 Å². The second-order valence-corrected chi connectivity index (χ2v) is 2.94. The lowest BCUT2D eigenvalue weighted by Crippen LogP contribution is -2.04. The molecule has 1 aromatic carbocycles. The quantitative estimate of drug-likeness (QED) is 0.591. The number of carbonyl (C=O) groups is 1. The molecule has 0 saturated carbocycles. The summed E-state index contributed by atoms with van der Waals surface area (Å²) in [5.74, 6) is 4.21. The lowest BCUT2D eigenvalue weighted by Gasteiger charge is -2.07. The van der Waals surface area contributed by atoms with Crippen molar-refractivity contribution in [2.75, 3.05) is 0 Å². The molecule has 0 atom stereocenters. The number of halogens is 3. The van der Waals surface area contributed by atoms with Crippen molar-refractivity contribution in [3.05, 3.63) is 29.3 Å². The fourth-order valence-corrected chi connectivity index (χ4v) is 1.04. The van der Waals surface area contributed by atoms with E-state index in [1.54, 1.807) is 0 Å². The molecule has 1 N–H and O–H groups in total. The number of carbonyl (C=O) groups excluding carboxylic acids is 1. The molecule has 1 aromatic rings. The second kappa shape index (κ2) is 4.71. The Morgan fingerprint density at radius 1 is 1.31 bits per heavy atom. The molecule has 0 aliphatic carbocycles. The Hall–Kier alpha value is -1.96. The van der Waals surface area contributed by atoms with Crippen molar-refractivity contribution >= 4 is 6.29 Å². The maximum atomic E-state index is 12.3. The maximum absolute atomic E-state index is 12.3. The topological polar surface area (TPSA) is 37.3 Å². The van der Waals surface area contributed by atoms with E-state index in [0.29, 0.717) is 12.4 Å². The summed E-state index contributed by atoms with van der Waals surface area (Å²) < 4.78 is 37.0. The fraction of sp³-hybridized carbons (Fsp3) is 0.182. The van der Waals surface area contributed by atoms with Gasteiger partial charge in [-0.15, -0.1) is 0 Å². The van der Waals surface area contributed by atoms with Crippen LogP contribution in [0.1, 0.15) is 17.5 Å². The molecule has 1 rings (SSSR count). The van der Waals surface area contributed by atoms with E-state index in [1.165, 1.54) is 0 Å². The first-order valence-corrected chi connectivity index (χ1v) is 4.27. The summed E-state index contributed by atoms with van der Waals surface area (Å²) in [6, 6.07) is 2.54. The number of hydrogen-bond donors (Lipinski definition) is 1. The Kier molecular flexibility index (Phi) is 3.56. The first kappa shape index (κ1) is 12.1. The highest BCUT2D eigenvalue weighted by Crippen LogP contribution is 2.32. The summed E-state index contributed by atoms with van der Waals surface area (Å²) in [6.07, 6.45) is -4.04. The molecule has 0 unspecified atom stereocenters. The summed E-state index contributed by atoms with van der Waals surface area (Å²) in [7, 11) is 0. The van der Waals surface area contributed by atoms with Crippen LogP contribution in [0.2, 0.25) is 0 Å². The molecule has 84 valence electrons. The monoisotopic (exact) mass is 228 g/mol. The van der Waals surface area contributed by atoms with Crippen molar-refractivity contribution in [1.82, 2.24) is 0 Å². The van der Waals surface area contributed by atoms with Gasteiger partial charge in [-0.3, -0.25) is 0 Å². The van der Waals surface area contributed by atoms with Crippen LogP contribution in [0.25, 0.3) is 0 Å². The zero-order valence-electron chi connectivity index (χ0n) is 8.01. The highest BCUT2D eigenvalue weighted by atomic mass is 19.4. The molecule has 0 fully saturated rings. The van der Waals surface area contributed by atoms with Crippen molar-refractivity contribution < 1.29 is 23.1 Å². The number of aldehydes is 1. The largest absolute Gasteiger partial charge is 0.508 e. The minimum atomic E-state index is -4.53.